The number of sulfone groups is 2. The zero-order valence-electron chi connectivity index (χ0n) is 11.5. The Labute approximate surface area is 115 Å². The van der Waals surface area contributed by atoms with Crippen LogP contribution in [-0.2, 0) is 24.5 Å². The van der Waals surface area contributed by atoms with E-state index in [1.807, 2.05) is 0 Å². The zero-order valence-corrected chi connectivity index (χ0v) is 13.1. The first-order valence-corrected chi connectivity index (χ1v) is 9.98. The summed E-state index contributed by atoms with van der Waals surface area (Å²) >= 11 is 0. The van der Waals surface area contributed by atoms with Gasteiger partial charge >= 0.3 is 0 Å². The van der Waals surface area contributed by atoms with Gasteiger partial charge in [0.2, 0.25) is 5.91 Å². The lowest BCUT2D eigenvalue weighted by molar-refractivity contribution is -0.131. The Balaban J connectivity index is 2.82. The molecule has 6 nitrogen and oxygen atoms in total. The Kier molecular flexibility index (Phi) is 5.00. The molecule has 112 valence electrons. The van der Waals surface area contributed by atoms with Gasteiger partial charge in [-0.1, -0.05) is 6.42 Å². The van der Waals surface area contributed by atoms with Crippen LogP contribution in [0.2, 0.25) is 0 Å². The van der Waals surface area contributed by atoms with Gasteiger partial charge in [-0.05, 0) is 19.8 Å². The Bertz CT molecular complexity index is 537. The van der Waals surface area contributed by atoms with E-state index in [9.17, 15) is 21.6 Å². The van der Waals surface area contributed by atoms with Crippen molar-refractivity contribution in [3.8, 4) is 0 Å². The van der Waals surface area contributed by atoms with E-state index in [4.69, 9.17) is 0 Å². The molecule has 0 aliphatic carbocycles. The summed E-state index contributed by atoms with van der Waals surface area (Å²) in [5.74, 6) is -0.615. The summed E-state index contributed by atoms with van der Waals surface area (Å²) in [4.78, 5) is 13.4. The summed E-state index contributed by atoms with van der Waals surface area (Å²) in [5.41, 5.74) is 0. The van der Waals surface area contributed by atoms with Gasteiger partial charge in [0.05, 0.1) is 11.5 Å². The molecule has 1 amide bonds. The summed E-state index contributed by atoms with van der Waals surface area (Å²) in [6.45, 7) is 1.61. The number of carbonyl (C=O) groups is 1. The zero-order chi connectivity index (χ0) is 14.8. The molecule has 0 radical (unpaired) electrons. The third-order valence-electron chi connectivity index (χ3n) is 3.41. The van der Waals surface area contributed by atoms with Gasteiger partial charge in [-0.15, -0.1) is 0 Å². The number of amides is 1. The minimum Gasteiger partial charge on any atom is -0.341 e. The third-order valence-corrected chi connectivity index (χ3v) is 6.66. The fraction of sp³-hybridized carbons (Fsp3) is 0.909. The topological polar surface area (TPSA) is 88.6 Å². The SMILES string of the molecule is CC(CS(C)(=O)=O)N(C)C(=O)C1CCCCS1(=O)=O. The average Bonchev–Trinajstić information content (AvgIpc) is 2.24. The second-order valence-electron chi connectivity index (χ2n) is 5.24. The summed E-state index contributed by atoms with van der Waals surface area (Å²) < 4.78 is 46.2. The standard InChI is InChI=1S/C11H21NO5S2/c1-9(8-18(3,14)15)12(2)11(13)10-6-4-5-7-19(10,16)17/h9-10H,4-8H2,1-3H3. The van der Waals surface area contributed by atoms with E-state index in [1.165, 1.54) is 11.9 Å². The van der Waals surface area contributed by atoms with Crippen molar-refractivity contribution in [3.05, 3.63) is 0 Å². The Hall–Kier alpha value is -0.630. The molecule has 0 bridgehead atoms. The quantitative estimate of drug-likeness (QED) is 0.720. The highest BCUT2D eigenvalue weighted by atomic mass is 32.2. The van der Waals surface area contributed by atoms with Crippen LogP contribution in [0.15, 0.2) is 0 Å². The van der Waals surface area contributed by atoms with E-state index in [-0.39, 0.29) is 11.5 Å². The fourth-order valence-electron chi connectivity index (χ4n) is 2.23. The van der Waals surface area contributed by atoms with Crippen molar-refractivity contribution in [2.24, 2.45) is 0 Å². The summed E-state index contributed by atoms with van der Waals surface area (Å²) in [6, 6.07) is -0.528. The Morgan fingerprint density at radius 1 is 1.37 bits per heavy atom. The van der Waals surface area contributed by atoms with Gasteiger partial charge in [-0.2, -0.15) is 0 Å². The largest absolute Gasteiger partial charge is 0.341 e. The molecule has 0 aromatic rings. The number of carbonyl (C=O) groups excluding carboxylic acids is 1. The Morgan fingerprint density at radius 3 is 2.42 bits per heavy atom. The summed E-state index contributed by atoms with van der Waals surface area (Å²) in [7, 11) is -5.13. The molecule has 1 aliphatic rings. The van der Waals surface area contributed by atoms with E-state index in [1.54, 1.807) is 6.92 Å². The minimum absolute atomic E-state index is 0.0394. The highest BCUT2D eigenvalue weighted by Gasteiger charge is 2.37. The van der Waals surface area contributed by atoms with Crippen LogP contribution in [0.1, 0.15) is 26.2 Å². The van der Waals surface area contributed by atoms with Crippen LogP contribution in [0.3, 0.4) is 0 Å². The van der Waals surface area contributed by atoms with Gasteiger partial charge in [-0.25, -0.2) is 16.8 Å². The van der Waals surface area contributed by atoms with Gasteiger partial charge in [0.15, 0.2) is 9.84 Å². The van der Waals surface area contributed by atoms with E-state index < -0.39 is 36.9 Å². The molecule has 2 atom stereocenters. The van der Waals surface area contributed by atoms with Gasteiger partial charge in [0, 0.05) is 19.3 Å². The first kappa shape index (κ1) is 16.4. The molecule has 8 heteroatoms. The van der Waals surface area contributed by atoms with Gasteiger partial charge in [0.25, 0.3) is 0 Å². The molecular weight excluding hydrogens is 290 g/mol. The maximum atomic E-state index is 12.2. The molecule has 0 aromatic heterocycles. The molecule has 0 aromatic carbocycles. The van der Waals surface area contributed by atoms with Crippen LogP contribution in [-0.4, -0.2) is 63.7 Å². The molecule has 1 rings (SSSR count). The van der Waals surface area contributed by atoms with E-state index in [0.29, 0.717) is 19.3 Å². The van der Waals surface area contributed by atoms with Crippen molar-refractivity contribution in [2.75, 3.05) is 24.8 Å². The van der Waals surface area contributed by atoms with Crippen molar-refractivity contribution in [2.45, 2.75) is 37.5 Å². The lowest BCUT2D eigenvalue weighted by Crippen LogP contribution is -2.48. The van der Waals surface area contributed by atoms with Crippen molar-refractivity contribution < 1.29 is 21.6 Å². The number of hydrogen-bond donors (Lipinski definition) is 0. The van der Waals surface area contributed by atoms with Crippen LogP contribution in [0.25, 0.3) is 0 Å². The summed E-state index contributed by atoms with van der Waals surface area (Å²) in [6.07, 6.45) is 2.73. The van der Waals surface area contributed by atoms with E-state index in [2.05, 4.69) is 0 Å². The molecule has 2 unspecified atom stereocenters. The van der Waals surface area contributed by atoms with E-state index in [0.717, 1.165) is 6.26 Å². The second-order valence-corrected chi connectivity index (χ2v) is 9.73. The average molecular weight is 311 g/mol. The molecule has 1 aliphatic heterocycles. The molecule has 1 fully saturated rings. The maximum Gasteiger partial charge on any atom is 0.240 e. The molecule has 1 heterocycles. The Morgan fingerprint density at radius 2 is 1.95 bits per heavy atom. The monoisotopic (exact) mass is 311 g/mol. The molecule has 0 N–H and O–H groups in total. The van der Waals surface area contributed by atoms with Crippen LogP contribution in [0.4, 0.5) is 0 Å². The first-order valence-electron chi connectivity index (χ1n) is 6.20. The molecular formula is C11H21NO5S2. The van der Waals surface area contributed by atoms with Gasteiger partial charge in [0.1, 0.15) is 15.1 Å². The molecule has 1 saturated heterocycles. The molecule has 19 heavy (non-hydrogen) atoms. The molecule has 0 spiro atoms. The van der Waals surface area contributed by atoms with Crippen LogP contribution >= 0.6 is 0 Å². The van der Waals surface area contributed by atoms with Gasteiger partial charge < -0.3 is 4.90 Å². The normalized spacial score (nSPS) is 24.7. The fourth-order valence-corrected chi connectivity index (χ4v) is 5.22. The van der Waals surface area contributed by atoms with Gasteiger partial charge in [-0.3, -0.25) is 4.79 Å². The van der Waals surface area contributed by atoms with Crippen LogP contribution in [0, 0.1) is 0 Å². The number of rotatable bonds is 4. The van der Waals surface area contributed by atoms with Crippen molar-refractivity contribution >= 4 is 25.6 Å². The van der Waals surface area contributed by atoms with E-state index >= 15 is 0 Å². The first-order chi connectivity index (χ1) is 8.54. The lowest BCUT2D eigenvalue weighted by Gasteiger charge is -2.30. The lowest BCUT2D eigenvalue weighted by atomic mass is 10.1. The van der Waals surface area contributed by atoms with Crippen molar-refractivity contribution in [1.29, 1.82) is 0 Å². The smallest absolute Gasteiger partial charge is 0.240 e. The van der Waals surface area contributed by atoms with Crippen molar-refractivity contribution in [1.82, 2.24) is 4.90 Å². The minimum atomic E-state index is -3.39. The predicted molar refractivity (Wildman–Crippen MR) is 73.4 cm³/mol. The van der Waals surface area contributed by atoms with Crippen molar-refractivity contribution in [3.63, 3.8) is 0 Å². The summed E-state index contributed by atoms with van der Waals surface area (Å²) in [5, 5.41) is -1.01. The highest BCUT2D eigenvalue weighted by Crippen LogP contribution is 2.21. The second kappa shape index (κ2) is 5.78. The van der Waals surface area contributed by atoms with Crippen LogP contribution < -0.4 is 0 Å². The number of nitrogens with zero attached hydrogens (tertiary/aromatic N) is 1. The third kappa shape index (κ3) is 4.45. The highest BCUT2D eigenvalue weighted by molar-refractivity contribution is 7.92. The predicted octanol–water partition coefficient (Wildman–Crippen LogP) is -0.155. The van der Waals surface area contributed by atoms with Crippen LogP contribution in [0.5, 0.6) is 0 Å². The molecule has 0 saturated carbocycles. The maximum absolute atomic E-state index is 12.2. The number of hydrogen-bond acceptors (Lipinski definition) is 5.